The minimum atomic E-state index is 0.848. The van der Waals surface area contributed by atoms with Crippen LogP contribution in [0.1, 0.15) is 26.7 Å². The average Bonchev–Trinajstić information content (AvgIpc) is 1.96. The molecule has 0 rings (SSSR count). The molecule has 0 heterocycles. The van der Waals surface area contributed by atoms with Crippen LogP contribution in [0.15, 0.2) is 0 Å². The predicted molar refractivity (Wildman–Crippen MR) is 50.9 cm³/mol. The molecule has 11 heavy (non-hydrogen) atoms. The molecule has 0 aromatic heterocycles. The third kappa shape index (κ3) is 9.92. The molecule has 0 aromatic rings. The van der Waals surface area contributed by atoms with Crippen LogP contribution in [0, 0.1) is 5.92 Å². The largest absolute Gasteiger partial charge is 0.318 e. The zero-order valence-corrected chi connectivity index (χ0v) is 8.11. The molecule has 0 aliphatic heterocycles. The maximum atomic E-state index is 3.38. The van der Waals surface area contributed by atoms with Gasteiger partial charge in [0.2, 0.25) is 0 Å². The molecule has 0 aliphatic rings. The first-order chi connectivity index (χ1) is 5.27. The van der Waals surface area contributed by atoms with Gasteiger partial charge in [-0.25, -0.2) is 0 Å². The van der Waals surface area contributed by atoms with Gasteiger partial charge < -0.3 is 10.6 Å². The van der Waals surface area contributed by atoms with Crippen LogP contribution in [0.3, 0.4) is 0 Å². The van der Waals surface area contributed by atoms with Crippen LogP contribution in [0.4, 0.5) is 0 Å². The number of hydrogen-bond donors (Lipinski definition) is 2. The molecule has 2 nitrogen and oxygen atoms in total. The van der Waals surface area contributed by atoms with E-state index in [-0.39, 0.29) is 0 Å². The molecule has 0 aromatic carbocycles. The summed E-state index contributed by atoms with van der Waals surface area (Å²) in [5, 5.41) is 6.48. The van der Waals surface area contributed by atoms with E-state index in [1.54, 1.807) is 0 Å². The van der Waals surface area contributed by atoms with Gasteiger partial charge in [0.15, 0.2) is 0 Å². The molecule has 0 radical (unpaired) electrons. The summed E-state index contributed by atoms with van der Waals surface area (Å²) in [5.41, 5.74) is 0. The van der Waals surface area contributed by atoms with Crippen LogP contribution in [0.2, 0.25) is 0 Å². The monoisotopic (exact) mass is 158 g/mol. The van der Waals surface area contributed by atoms with Crippen LogP contribution in [0.5, 0.6) is 0 Å². The van der Waals surface area contributed by atoms with E-state index in [1.807, 2.05) is 7.05 Å². The highest BCUT2D eigenvalue weighted by atomic mass is 14.9. The Bertz CT molecular complexity index is 72.0. The number of likely N-dealkylation sites (N-methyl/N-ethyl adjacent to an activating group) is 1. The first kappa shape index (κ1) is 10.9. The number of nitrogens with one attached hydrogen (secondary N) is 2. The van der Waals surface area contributed by atoms with Crippen molar-refractivity contribution in [1.82, 2.24) is 10.6 Å². The van der Waals surface area contributed by atoms with Crippen LogP contribution in [-0.4, -0.2) is 26.7 Å². The molecule has 0 spiro atoms. The summed E-state index contributed by atoms with van der Waals surface area (Å²) in [6, 6.07) is 0. The lowest BCUT2D eigenvalue weighted by atomic mass is 10.1. The Hall–Kier alpha value is -0.0800. The third-order valence-corrected chi connectivity index (χ3v) is 1.69. The van der Waals surface area contributed by atoms with Gasteiger partial charge in [0.05, 0.1) is 0 Å². The summed E-state index contributed by atoms with van der Waals surface area (Å²) in [7, 11) is 1.98. The summed E-state index contributed by atoms with van der Waals surface area (Å²) in [4.78, 5) is 0. The lowest BCUT2D eigenvalue weighted by Gasteiger charge is -2.05. The second-order valence-electron chi connectivity index (χ2n) is 3.39. The second kappa shape index (κ2) is 8.02. The Labute approximate surface area is 70.8 Å². The highest BCUT2D eigenvalue weighted by molar-refractivity contribution is 4.51. The van der Waals surface area contributed by atoms with Gasteiger partial charge in [-0.3, -0.25) is 0 Å². The van der Waals surface area contributed by atoms with Crippen LogP contribution in [0.25, 0.3) is 0 Å². The van der Waals surface area contributed by atoms with Crippen molar-refractivity contribution in [2.45, 2.75) is 26.7 Å². The van der Waals surface area contributed by atoms with Crippen molar-refractivity contribution >= 4 is 0 Å². The molecular weight excluding hydrogens is 136 g/mol. The first-order valence-corrected chi connectivity index (χ1v) is 4.62. The van der Waals surface area contributed by atoms with Gasteiger partial charge >= 0.3 is 0 Å². The van der Waals surface area contributed by atoms with E-state index in [4.69, 9.17) is 0 Å². The van der Waals surface area contributed by atoms with E-state index in [2.05, 4.69) is 24.5 Å². The maximum Gasteiger partial charge on any atom is 0.00766 e. The molecule has 0 atom stereocenters. The lowest BCUT2D eigenvalue weighted by Crippen LogP contribution is -2.25. The Kier molecular flexibility index (Phi) is 7.96. The third-order valence-electron chi connectivity index (χ3n) is 1.69. The van der Waals surface area contributed by atoms with E-state index < -0.39 is 0 Å². The summed E-state index contributed by atoms with van der Waals surface area (Å²) < 4.78 is 0. The van der Waals surface area contributed by atoms with E-state index in [1.165, 1.54) is 19.4 Å². The summed E-state index contributed by atoms with van der Waals surface area (Å²) in [6.07, 6.45) is 2.65. The summed E-state index contributed by atoms with van der Waals surface area (Å²) in [5.74, 6) is 0.848. The van der Waals surface area contributed by atoms with Gasteiger partial charge in [0.25, 0.3) is 0 Å². The molecule has 68 valence electrons. The fourth-order valence-electron chi connectivity index (χ4n) is 0.974. The van der Waals surface area contributed by atoms with Crippen LogP contribution in [-0.2, 0) is 0 Å². The molecule has 0 fully saturated rings. The van der Waals surface area contributed by atoms with Crippen molar-refractivity contribution in [3.05, 3.63) is 0 Å². The summed E-state index contributed by atoms with van der Waals surface area (Å²) in [6.45, 7) is 7.87. The van der Waals surface area contributed by atoms with Gasteiger partial charge in [-0.15, -0.1) is 0 Å². The molecule has 0 bridgehead atoms. The molecule has 0 amide bonds. The molecule has 0 saturated carbocycles. The Morgan fingerprint density at radius 3 is 2.36 bits per heavy atom. The number of hydrogen-bond acceptors (Lipinski definition) is 2. The predicted octanol–water partition coefficient (Wildman–Crippen LogP) is 1.23. The van der Waals surface area contributed by atoms with Gasteiger partial charge in [-0.2, -0.15) is 0 Å². The number of rotatable bonds is 7. The van der Waals surface area contributed by atoms with Crippen molar-refractivity contribution in [2.75, 3.05) is 26.7 Å². The molecule has 0 saturated heterocycles. The van der Waals surface area contributed by atoms with Crippen molar-refractivity contribution in [2.24, 2.45) is 5.92 Å². The maximum absolute atomic E-state index is 3.38. The second-order valence-corrected chi connectivity index (χ2v) is 3.39. The SMILES string of the molecule is CNCCNCCCC(C)C. The molecule has 2 N–H and O–H groups in total. The molecule has 2 heteroatoms. The quantitative estimate of drug-likeness (QED) is 0.545. The van der Waals surface area contributed by atoms with Crippen molar-refractivity contribution in [1.29, 1.82) is 0 Å². The standard InChI is InChI=1S/C9H22N2/c1-9(2)5-4-6-11-8-7-10-3/h9-11H,4-8H2,1-3H3. The van der Waals surface area contributed by atoms with Crippen molar-refractivity contribution in [3.63, 3.8) is 0 Å². The minimum absolute atomic E-state index is 0.848. The minimum Gasteiger partial charge on any atom is -0.318 e. The Balaban J connectivity index is 2.80. The topological polar surface area (TPSA) is 24.1 Å². The van der Waals surface area contributed by atoms with E-state index in [0.29, 0.717) is 0 Å². The molecule has 0 aliphatic carbocycles. The average molecular weight is 158 g/mol. The van der Waals surface area contributed by atoms with Crippen molar-refractivity contribution < 1.29 is 0 Å². The normalized spacial score (nSPS) is 10.9. The Morgan fingerprint density at radius 1 is 1.09 bits per heavy atom. The highest BCUT2D eigenvalue weighted by Crippen LogP contribution is 2.01. The van der Waals surface area contributed by atoms with E-state index in [9.17, 15) is 0 Å². The first-order valence-electron chi connectivity index (χ1n) is 4.62. The summed E-state index contributed by atoms with van der Waals surface area (Å²) >= 11 is 0. The lowest BCUT2D eigenvalue weighted by molar-refractivity contribution is 0.525. The zero-order chi connectivity index (χ0) is 8.53. The van der Waals surface area contributed by atoms with Crippen LogP contribution < -0.4 is 10.6 Å². The van der Waals surface area contributed by atoms with E-state index in [0.717, 1.165) is 19.0 Å². The fourth-order valence-corrected chi connectivity index (χ4v) is 0.974. The zero-order valence-electron chi connectivity index (χ0n) is 8.11. The van der Waals surface area contributed by atoms with Gasteiger partial charge in [-0.05, 0) is 32.4 Å². The Morgan fingerprint density at radius 2 is 1.82 bits per heavy atom. The van der Waals surface area contributed by atoms with Gasteiger partial charge in [0.1, 0.15) is 0 Å². The van der Waals surface area contributed by atoms with Crippen molar-refractivity contribution in [3.8, 4) is 0 Å². The van der Waals surface area contributed by atoms with Gasteiger partial charge in [0, 0.05) is 13.1 Å². The molecule has 0 unspecified atom stereocenters. The smallest absolute Gasteiger partial charge is 0.00766 e. The molecular formula is C9H22N2. The van der Waals surface area contributed by atoms with Gasteiger partial charge in [-0.1, -0.05) is 13.8 Å². The van der Waals surface area contributed by atoms with E-state index >= 15 is 0 Å². The van der Waals surface area contributed by atoms with Crippen LogP contribution >= 0.6 is 0 Å². The highest BCUT2D eigenvalue weighted by Gasteiger charge is 1.92. The fraction of sp³-hybridized carbons (Fsp3) is 1.00.